The molecule has 0 amide bonds. The van der Waals surface area contributed by atoms with Crippen LogP contribution in [0.25, 0.3) is 0 Å². The minimum Gasteiger partial charge on any atom is -0.298 e. The number of aromatic nitrogens is 1. The molecule has 3 heterocycles. The van der Waals surface area contributed by atoms with E-state index in [2.05, 4.69) is 33.9 Å². The number of halogens is 1. The fourth-order valence-corrected chi connectivity index (χ4v) is 4.43. The molecule has 1 atom stereocenters. The topological polar surface area (TPSA) is 24.9 Å². The number of rotatable bonds is 5. The minimum atomic E-state index is 0.196. The Morgan fingerprint density at radius 2 is 2.11 bits per heavy atom. The van der Waals surface area contributed by atoms with E-state index in [1.165, 1.54) is 9.75 Å². The Bertz CT molecular complexity index is 616. The molecular weight excluding hydrogens is 316 g/mol. The van der Waals surface area contributed by atoms with Gasteiger partial charge in [0, 0.05) is 27.9 Å². The molecule has 19 heavy (non-hydrogen) atoms. The second-order valence-electron chi connectivity index (χ2n) is 3.90. The van der Waals surface area contributed by atoms with Crippen LogP contribution in [0.4, 0.5) is 0 Å². The van der Waals surface area contributed by atoms with E-state index in [1.807, 2.05) is 17.6 Å². The van der Waals surface area contributed by atoms with E-state index in [0.29, 0.717) is 0 Å². The fourth-order valence-electron chi connectivity index (χ4n) is 1.81. The van der Waals surface area contributed by atoms with Gasteiger partial charge in [0.1, 0.15) is 5.01 Å². The Labute approximate surface area is 128 Å². The molecule has 0 spiro atoms. The summed E-state index contributed by atoms with van der Waals surface area (Å²) in [7, 11) is 0. The Morgan fingerprint density at radius 3 is 2.74 bits per heavy atom. The summed E-state index contributed by atoms with van der Waals surface area (Å²) in [5.41, 5.74) is 0. The van der Waals surface area contributed by atoms with Crippen molar-refractivity contribution in [3.8, 4) is 0 Å². The lowest BCUT2D eigenvalue weighted by Crippen LogP contribution is -2.20. The van der Waals surface area contributed by atoms with E-state index in [1.54, 1.807) is 34.0 Å². The van der Waals surface area contributed by atoms with Crippen LogP contribution in [0, 0.1) is 0 Å². The van der Waals surface area contributed by atoms with Gasteiger partial charge < -0.3 is 0 Å². The average molecular weight is 327 g/mol. The van der Waals surface area contributed by atoms with E-state index >= 15 is 0 Å². The molecule has 0 saturated heterocycles. The van der Waals surface area contributed by atoms with Gasteiger partial charge in [-0.2, -0.15) is 0 Å². The maximum Gasteiger partial charge on any atom is 0.106 e. The number of nitrogens with one attached hydrogen (secondary N) is 1. The molecule has 6 heteroatoms. The number of thiophene rings is 2. The molecule has 0 aliphatic carbocycles. The predicted octanol–water partition coefficient (Wildman–Crippen LogP) is 4.80. The number of hydrogen-bond donors (Lipinski definition) is 1. The van der Waals surface area contributed by atoms with Crippen LogP contribution in [0.1, 0.15) is 20.8 Å². The van der Waals surface area contributed by atoms with E-state index < -0.39 is 0 Å². The third kappa shape index (κ3) is 3.24. The molecule has 3 aromatic heterocycles. The first-order chi connectivity index (χ1) is 9.33. The van der Waals surface area contributed by atoms with Crippen molar-refractivity contribution >= 4 is 45.6 Å². The number of thiazole rings is 1. The second kappa shape index (κ2) is 6.15. The maximum absolute atomic E-state index is 6.05. The van der Waals surface area contributed by atoms with Gasteiger partial charge in [0.2, 0.25) is 0 Å². The molecule has 0 saturated carbocycles. The molecule has 1 unspecified atom stereocenters. The first-order valence-corrected chi connectivity index (χ1v) is 8.68. The zero-order chi connectivity index (χ0) is 13.1. The summed E-state index contributed by atoms with van der Waals surface area (Å²) in [5.74, 6) is 0. The van der Waals surface area contributed by atoms with Crippen molar-refractivity contribution in [2.24, 2.45) is 0 Å². The summed E-state index contributed by atoms with van der Waals surface area (Å²) in [6.07, 6.45) is 1.84. The number of nitrogens with zero attached hydrogens (tertiary/aromatic N) is 1. The molecule has 0 aliphatic rings. The quantitative estimate of drug-likeness (QED) is 0.728. The van der Waals surface area contributed by atoms with E-state index in [0.717, 1.165) is 15.9 Å². The molecule has 0 fully saturated rings. The van der Waals surface area contributed by atoms with Crippen LogP contribution in [0.15, 0.2) is 41.2 Å². The highest BCUT2D eigenvalue weighted by Crippen LogP contribution is 2.33. The molecule has 2 nitrogen and oxygen atoms in total. The predicted molar refractivity (Wildman–Crippen MR) is 84.4 cm³/mol. The Kier molecular flexibility index (Phi) is 4.30. The third-order valence-electron chi connectivity index (χ3n) is 2.65. The molecule has 98 valence electrons. The monoisotopic (exact) mass is 326 g/mol. The Hall–Kier alpha value is -0.720. The molecule has 1 N–H and O–H groups in total. The van der Waals surface area contributed by atoms with Crippen LogP contribution < -0.4 is 5.32 Å². The molecular formula is C13H11ClN2S3. The van der Waals surface area contributed by atoms with Crippen LogP contribution in [0.5, 0.6) is 0 Å². The van der Waals surface area contributed by atoms with Crippen LogP contribution in [0.2, 0.25) is 4.34 Å². The molecule has 3 rings (SSSR count). The molecule has 0 aromatic carbocycles. The van der Waals surface area contributed by atoms with Crippen LogP contribution in [-0.2, 0) is 6.54 Å². The molecule has 0 aliphatic heterocycles. The summed E-state index contributed by atoms with van der Waals surface area (Å²) >= 11 is 11.1. The standard InChI is InChI=1S/C13H11ClN2S3/c14-11-4-3-10(19-11)13(9-2-1-6-17-9)16-8-12-15-5-7-18-12/h1-7,13,16H,8H2. The van der Waals surface area contributed by atoms with Gasteiger partial charge in [-0.1, -0.05) is 17.7 Å². The highest BCUT2D eigenvalue weighted by molar-refractivity contribution is 7.16. The second-order valence-corrected chi connectivity index (χ2v) is 7.60. The van der Waals surface area contributed by atoms with Crippen LogP contribution in [0.3, 0.4) is 0 Å². The lowest BCUT2D eigenvalue weighted by Gasteiger charge is -2.15. The zero-order valence-corrected chi connectivity index (χ0v) is 13.1. The normalized spacial score (nSPS) is 12.7. The van der Waals surface area contributed by atoms with Crippen molar-refractivity contribution in [3.05, 3.63) is 60.3 Å². The summed E-state index contributed by atoms with van der Waals surface area (Å²) in [6, 6.07) is 8.46. The van der Waals surface area contributed by atoms with Crippen LogP contribution >= 0.6 is 45.6 Å². The van der Waals surface area contributed by atoms with E-state index in [4.69, 9.17) is 11.6 Å². The summed E-state index contributed by atoms with van der Waals surface area (Å²) < 4.78 is 0.826. The van der Waals surface area contributed by atoms with Crippen molar-refractivity contribution in [2.45, 2.75) is 12.6 Å². The zero-order valence-electron chi connectivity index (χ0n) is 9.88. The Balaban J connectivity index is 1.80. The van der Waals surface area contributed by atoms with Crippen molar-refractivity contribution in [1.82, 2.24) is 10.3 Å². The largest absolute Gasteiger partial charge is 0.298 e. The lowest BCUT2D eigenvalue weighted by atomic mass is 10.2. The average Bonchev–Trinajstić information content (AvgIpc) is 3.11. The third-order valence-corrected chi connectivity index (χ3v) is 5.66. The molecule has 0 bridgehead atoms. The number of hydrogen-bond acceptors (Lipinski definition) is 5. The van der Waals surface area contributed by atoms with Gasteiger partial charge in [0.15, 0.2) is 0 Å². The highest BCUT2D eigenvalue weighted by atomic mass is 35.5. The van der Waals surface area contributed by atoms with E-state index in [9.17, 15) is 0 Å². The summed E-state index contributed by atoms with van der Waals surface area (Å²) in [6.45, 7) is 0.774. The lowest BCUT2D eigenvalue weighted by molar-refractivity contribution is 0.619. The van der Waals surface area contributed by atoms with Gasteiger partial charge in [-0.25, -0.2) is 4.98 Å². The maximum atomic E-state index is 6.05. The van der Waals surface area contributed by atoms with Crippen molar-refractivity contribution in [2.75, 3.05) is 0 Å². The van der Waals surface area contributed by atoms with Gasteiger partial charge in [0.05, 0.1) is 10.4 Å². The van der Waals surface area contributed by atoms with Gasteiger partial charge in [-0.3, -0.25) is 5.32 Å². The fraction of sp³-hybridized carbons (Fsp3) is 0.154. The summed E-state index contributed by atoms with van der Waals surface area (Å²) in [4.78, 5) is 6.85. The summed E-state index contributed by atoms with van der Waals surface area (Å²) in [5, 5.41) is 8.76. The smallest absolute Gasteiger partial charge is 0.106 e. The molecule has 3 aromatic rings. The van der Waals surface area contributed by atoms with Gasteiger partial charge in [0.25, 0.3) is 0 Å². The van der Waals surface area contributed by atoms with Gasteiger partial charge >= 0.3 is 0 Å². The van der Waals surface area contributed by atoms with Gasteiger partial charge in [-0.05, 0) is 23.6 Å². The van der Waals surface area contributed by atoms with Crippen molar-refractivity contribution in [1.29, 1.82) is 0 Å². The SMILES string of the molecule is Clc1ccc(C(NCc2nccs2)c2cccs2)s1. The first-order valence-electron chi connectivity index (χ1n) is 5.73. The first kappa shape index (κ1) is 13.3. The van der Waals surface area contributed by atoms with Gasteiger partial charge in [-0.15, -0.1) is 34.0 Å². The van der Waals surface area contributed by atoms with E-state index in [-0.39, 0.29) is 6.04 Å². The van der Waals surface area contributed by atoms with Crippen molar-refractivity contribution < 1.29 is 0 Å². The highest BCUT2D eigenvalue weighted by Gasteiger charge is 2.17. The van der Waals surface area contributed by atoms with Crippen molar-refractivity contribution in [3.63, 3.8) is 0 Å². The minimum absolute atomic E-state index is 0.196. The van der Waals surface area contributed by atoms with Crippen LogP contribution in [-0.4, -0.2) is 4.98 Å². The Morgan fingerprint density at radius 1 is 1.16 bits per heavy atom. The molecule has 0 radical (unpaired) electrons.